The molecule has 0 aliphatic rings. The summed E-state index contributed by atoms with van der Waals surface area (Å²) in [6.45, 7) is -0.556. The third-order valence-electron chi connectivity index (χ3n) is 5.48. The van der Waals surface area contributed by atoms with Gasteiger partial charge in [-0.3, -0.25) is 4.79 Å². The van der Waals surface area contributed by atoms with Gasteiger partial charge in [-0.05, 0) is 30.3 Å². The number of esters is 1. The van der Waals surface area contributed by atoms with Crippen LogP contribution in [0.25, 0.3) is 33.5 Å². The van der Waals surface area contributed by atoms with Crippen molar-refractivity contribution in [2.24, 2.45) is 0 Å². The van der Waals surface area contributed by atoms with Crippen LogP contribution in [0.3, 0.4) is 0 Å². The van der Waals surface area contributed by atoms with Gasteiger partial charge in [-0.15, -0.1) is 0 Å². The molecule has 0 radical (unpaired) electrons. The molecule has 5 rings (SSSR count). The lowest BCUT2D eigenvalue weighted by molar-refractivity contribution is -0.119. The van der Waals surface area contributed by atoms with Crippen LogP contribution in [0.1, 0.15) is 10.4 Å². The minimum absolute atomic E-state index is 0.0159. The second-order valence-electron chi connectivity index (χ2n) is 7.96. The Bertz CT molecular complexity index is 1560. The number of carbonyl (C=O) groups is 2. The number of benzene rings is 4. The van der Waals surface area contributed by atoms with Crippen molar-refractivity contribution in [2.75, 3.05) is 11.9 Å². The number of para-hydroxylation sites is 1. The molecule has 7 heteroatoms. The average Bonchev–Trinajstić information content (AvgIpc) is 2.93. The second-order valence-corrected chi connectivity index (χ2v) is 7.96. The molecule has 1 amide bonds. The van der Waals surface area contributed by atoms with E-state index in [2.05, 4.69) is 5.32 Å². The summed E-state index contributed by atoms with van der Waals surface area (Å²) in [7, 11) is 0. The van der Waals surface area contributed by atoms with Crippen LogP contribution in [-0.2, 0) is 9.53 Å². The molecule has 36 heavy (non-hydrogen) atoms. The molecular weight excluding hydrogens is 457 g/mol. The number of hydrogen-bond acceptors (Lipinski definition) is 5. The number of nitrogens with one attached hydrogen (secondary N) is 1. The summed E-state index contributed by atoms with van der Waals surface area (Å²) in [5.41, 5.74) is 4.60. The summed E-state index contributed by atoms with van der Waals surface area (Å²) in [6, 6.07) is 30.1. The zero-order valence-electron chi connectivity index (χ0n) is 19.0. The van der Waals surface area contributed by atoms with Gasteiger partial charge in [0, 0.05) is 11.1 Å². The van der Waals surface area contributed by atoms with Gasteiger partial charge in [0.05, 0.1) is 33.7 Å². The minimum atomic E-state index is -0.698. The number of fused-ring (bicyclic) bond motifs is 1. The summed E-state index contributed by atoms with van der Waals surface area (Å²) in [5, 5.41) is 2.38. The van der Waals surface area contributed by atoms with Crippen LogP contribution in [0.5, 0.6) is 0 Å². The van der Waals surface area contributed by atoms with E-state index in [1.54, 1.807) is 24.3 Å². The number of amides is 1. The third-order valence-corrected chi connectivity index (χ3v) is 5.48. The van der Waals surface area contributed by atoms with Gasteiger partial charge < -0.3 is 10.1 Å². The van der Waals surface area contributed by atoms with Crippen LogP contribution in [0.15, 0.2) is 103 Å². The van der Waals surface area contributed by atoms with Crippen molar-refractivity contribution < 1.29 is 18.7 Å². The molecule has 0 saturated carbocycles. The van der Waals surface area contributed by atoms with E-state index in [1.165, 1.54) is 18.2 Å². The minimum Gasteiger partial charge on any atom is -0.452 e. The lowest BCUT2D eigenvalue weighted by Crippen LogP contribution is -2.21. The van der Waals surface area contributed by atoms with E-state index in [0.29, 0.717) is 16.7 Å². The van der Waals surface area contributed by atoms with Gasteiger partial charge in [0.15, 0.2) is 6.61 Å². The van der Waals surface area contributed by atoms with Gasteiger partial charge in [-0.25, -0.2) is 19.2 Å². The van der Waals surface area contributed by atoms with E-state index in [1.807, 2.05) is 60.7 Å². The smallest absolute Gasteiger partial charge is 0.338 e. The zero-order chi connectivity index (χ0) is 24.9. The van der Waals surface area contributed by atoms with E-state index < -0.39 is 24.3 Å². The maximum absolute atomic E-state index is 13.7. The Morgan fingerprint density at radius 3 is 1.94 bits per heavy atom. The predicted molar refractivity (Wildman–Crippen MR) is 136 cm³/mol. The highest BCUT2D eigenvalue weighted by Gasteiger charge is 2.16. The maximum atomic E-state index is 13.7. The molecule has 0 atom stereocenters. The van der Waals surface area contributed by atoms with E-state index in [9.17, 15) is 14.0 Å². The van der Waals surface area contributed by atoms with E-state index >= 15 is 0 Å². The first-order chi connectivity index (χ1) is 17.6. The maximum Gasteiger partial charge on any atom is 0.338 e. The molecule has 1 heterocycles. The molecule has 5 aromatic rings. The van der Waals surface area contributed by atoms with Crippen molar-refractivity contribution in [1.29, 1.82) is 0 Å². The molecular formula is C29H20FN3O3. The Morgan fingerprint density at radius 1 is 0.722 bits per heavy atom. The van der Waals surface area contributed by atoms with Crippen molar-refractivity contribution in [3.05, 3.63) is 115 Å². The summed E-state index contributed by atoms with van der Waals surface area (Å²) < 4.78 is 18.9. The fourth-order valence-corrected chi connectivity index (χ4v) is 3.74. The van der Waals surface area contributed by atoms with Gasteiger partial charge in [0.2, 0.25) is 0 Å². The Hall–Kier alpha value is -4.91. The molecule has 0 unspecified atom stereocenters. The summed E-state index contributed by atoms with van der Waals surface area (Å²) >= 11 is 0. The molecule has 0 bridgehead atoms. The van der Waals surface area contributed by atoms with Gasteiger partial charge >= 0.3 is 5.97 Å². The van der Waals surface area contributed by atoms with Crippen LogP contribution in [0.2, 0.25) is 0 Å². The number of hydrogen-bond donors (Lipinski definition) is 1. The highest BCUT2D eigenvalue weighted by molar-refractivity contribution is 5.97. The first kappa shape index (κ1) is 22.9. The average molecular weight is 477 g/mol. The van der Waals surface area contributed by atoms with E-state index in [4.69, 9.17) is 14.7 Å². The zero-order valence-corrected chi connectivity index (χ0v) is 19.0. The Balaban J connectivity index is 1.41. The summed E-state index contributed by atoms with van der Waals surface area (Å²) in [6.07, 6.45) is 0. The van der Waals surface area contributed by atoms with Crippen molar-refractivity contribution in [3.63, 3.8) is 0 Å². The van der Waals surface area contributed by atoms with Crippen LogP contribution >= 0.6 is 0 Å². The van der Waals surface area contributed by atoms with Gasteiger partial charge in [-0.1, -0.05) is 72.8 Å². The van der Waals surface area contributed by atoms with Gasteiger partial charge in [0.25, 0.3) is 5.91 Å². The first-order valence-electron chi connectivity index (χ1n) is 11.2. The van der Waals surface area contributed by atoms with Gasteiger partial charge in [-0.2, -0.15) is 0 Å². The fraction of sp³-hybridized carbons (Fsp3) is 0.0345. The highest BCUT2D eigenvalue weighted by Crippen LogP contribution is 2.31. The van der Waals surface area contributed by atoms with Crippen molar-refractivity contribution in [1.82, 2.24) is 9.97 Å². The number of rotatable bonds is 6. The molecule has 0 fully saturated rings. The number of ether oxygens (including phenoxy) is 1. The monoisotopic (exact) mass is 477 g/mol. The molecule has 1 aromatic heterocycles. The quantitative estimate of drug-likeness (QED) is 0.308. The molecule has 0 spiro atoms. The Kier molecular flexibility index (Phi) is 6.44. The van der Waals surface area contributed by atoms with Crippen LogP contribution in [-0.4, -0.2) is 28.5 Å². The molecule has 6 nitrogen and oxygen atoms in total. The second kappa shape index (κ2) is 10.1. The largest absolute Gasteiger partial charge is 0.452 e. The number of nitrogens with zero attached hydrogens (tertiary/aromatic N) is 2. The van der Waals surface area contributed by atoms with Crippen LogP contribution in [0.4, 0.5) is 10.1 Å². The molecule has 176 valence electrons. The van der Waals surface area contributed by atoms with Crippen molar-refractivity contribution in [2.45, 2.75) is 0 Å². The van der Waals surface area contributed by atoms with E-state index in [0.717, 1.165) is 16.8 Å². The van der Waals surface area contributed by atoms with Crippen molar-refractivity contribution >= 4 is 28.6 Å². The Morgan fingerprint density at radius 2 is 1.31 bits per heavy atom. The normalized spacial score (nSPS) is 10.7. The molecule has 0 aliphatic carbocycles. The SMILES string of the molecule is O=C(COC(=O)c1ccc2nc(-c3ccccc3)c(-c3ccccc3)nc2c1)Nc1ccccc1F. The van der Waals surface area contributed by atoms with Gasteiger partial charge in [0.1, 0.15) is 5.82 Å². The number of anilines is 1. The number of aromatic nitrogens is 2. The Labute approximate surface area is 206 Å². The third kappa shape index (κ3) is 4.95. The topological polar surface area (TPSA) is 81.2 Å². The number of halogens is 1. The lowest BCUT2D eigenvalue weighted by atomic mass is 10.0. The van der Waals surface area contributed by atoms with Crippen LogP contribution < -0.4 is 5.32 Å². The lowest BCUT2D eigenvalue weighted by Gasteiger charge is -2.11. The molecule has 1 N–H and O–H groups in total. The molecule has 0 saturated heterocycles. The highest BCUT2D eigenvalue weighted by atomic mass is 19.1. The molecule has 4 aromatic carbocycles. The summed E-state index contributed by atoms with van der Waals surface area (Å²) in [4.78, 5) is 34.4. The standard InChI is InChI=1S/C29H20FN3O3/c30-22-13-7-8-14-23(22)31-26(34)18-36-29(35)21-15-16-24-25(17-21)33-28(20-11-5-2-6-12-20)27(32-24)19-9-3-1-4-10-19/h1-17H,18H2,(H,31,34). The van der Waals surface area contributed by atoms with Crippen LogP contribution in [0, 0.1) is 5.82 Å². The van der Waals surface area contributed by atoms with Crippen molar-refractivity contribution in [3.8, 4) is 22.5 Å². The molecule has 0 aliphatic heterocycles. The predicted octanol–water partition coefficient (Wildman–Crippen LogP) is 5.90. The number of carbonyl (C=O) groups excluding carboxylic acids is 2. The summed E-state index contributed by atoms with van der Waals surface area (Å²) in [5.74, 6) is -1.92. The first-order valence-corrected chi connectivity index (χ1v) is 11.2. The van der Waals surface area contributed by atoms with E-state index in [-0.39, 0.29) is 11.3 Å². The fourth-order valence-electron chi connectivity index (χ4n) is 3.74.